The molecule has 0 aliphatic rings. The van der Waals surface area contributed by atoms with E-state index in [-0.39, 0.29) is 21.8 Å². The molecule has 0 aliphatic carbocycles. The Kier molecular flexibility index (Phi) is 5.63. The Bertz CT molecular complexity index is 660. The minimum absolute atomic E-state index is 0.145. The maximum Gasteiger partial charge on any atom is 0.273 e. The van der Waals surface area contributed by atoms with E-state index < -0.39 is 0 Å². The lowest BCUT2D eigenvalue weighted by Crippen LogP contribution is -2.31. The molecule has 0 N–H and O–H groups in total. The number of pyridine rings is 1. The van der Waals surface area contributed by atoms with Crippen molar-refractivity contribution < 1.29 is 9.53 Å². The van der Waals surface area contributed by atoms with Crippen LogP contribution in [0.4, 0.5) is 0 Å². The number of ether oxygens (including phenoxy) is 1. The van der Waals surface area contributed by atoms with Crippen LogP contribution in [0.1, 0.15) is 16.1 Å². The van der Waals surface area contributed by atoms with Gasteiger partial charge in [0.1, 0.15) is 23.2 Å². The Labute approximate surface area is 139 Å². The van der Waals surface area contributed by atoms with Gasteiger partial charge in [0.25, 0.3) is 5.91 Å². The summed E-state index contributed by atoms with van der Waals surface area (Å²) in [6, 6.07) is 10.8. The zero-order valence-electron chi connectivity index (χ0n) is 12.3. The second kappa shape index (κ2) is 7.47. The van der Waals surface area contributed by atoms with E-state index in [2.05, 4.69) is 4.98 Å². The van der Waals surface area contributed by atoms with Crippen LogP contribution in [0.5, 0.6) is 5.75 Å². The summed E-state index contributed by atoms with van der Waals surface area (Å²) in [4.78, 5) is 17.7. The fourth-order valence-electron chi connectivity index (χ4n) is 1.79. The first-order chi connectivity index (χ1) is 10.5. The molecule has 4 nitrogen and oxygen atoms in total. The molecule has 0 radical (unpaired) electrons. The molecule has 0 saturated carbocycles. The molecule has 22 heavy (non-hydrogen) atoms. The normalized spacial score (nSPS) is 10.4. The third kappa shape index (κ3) is 4.36. The van der Waals surface area contributed by atoms with Gasteiger partial charge in [-0.05, 0) is 31.2 Å². The highest BCUT2D eigenvalue weighted by Gasteiger charge is 2.17. The minimum atomic E-state index is -0.292. The third-order valence-corrected chi connectivity index (χ3v) is 3.59. The predicted octanol–water partition coefficient (Wildman–Crippen LogP) is 3.85. The standard InChI is InChI=1S/C16H16Cl2N2O2/c1-11-3-5-12(6-4-11)22-10-9-20(2)16(21)15-13(17)7-8-14(18)19-15/h3-8H,9-10H2,1-2H3. The Morgan fingerprint density at radius 2 is 1.86 bits per heavy atom. The molecule has 2 rings (SSSR count). The molecule has 0 unspecified atom stereocenters. The number of likely N-dealkylation sites (N-methyl/N-ethyl adjacent to an activating group) is 1. The molecular formula is C16H16Cl2N2O2. The first kappa shape index (κ1) is 16.6. The van der Waals surface area contributed by atoms with Gasteiger partial charge in [-0.15, -0.1) is 0 Å². The molecule has 0 atom stereocenters. The molecule has 1 amide bonds. The van der Waals surface area contributed by atoms with Crippen molar-refractivity contribution in [2.75, 3.05) is 20.2 Å². The Balaban J connectivity index is 1.91. The topological polar surface area (TPSA) is 42.4 Å². The van der Waals surface area contributed by atoms with Crippen molar-refractivity contribution in [3.8, 4) is 5.75 Å². The van der Waals surface area contributed by atoms with Crippen LogP contribution in [0.3, 0.4) is 0 Å². The summed E-state index contributed by atoms with van der Waals surface area (Å²) in [6.07, 6.45) is 0. The summed E-state index contributed by atoms with van der Waals surface area (Å²) in [6.45, 7) is 2.80. The maximum atomic E-state index is 12.3. The van der Waals surface area contributed by atoms with Gasteiger partial charge < -0.3 is 9.64 Å². The van der Waals surface area contributed by atoms with Crippen LogP contribution in [0.2, 0.25) is 10.2 Å². The number of aromatic nitrogens is 1. The average Bonchev–Trinajstić information content (AvgIpc) is 2.51. The van der Waals surface area contributed by atoms with E-state index in [1.807, 2.05) is 31.2 Å². The zero-order chi connectivity index (χ0) is 16.1. The van der Waals surface area contributed by atoms with Crippen LogP contribution in [-0.2, 0) is 0 Å². The summed E-state index contributed by atoms with van der Waals surface area (Å²) in [5.41, 5.74) is 1.31. The number of hydrogen-bond acceptors (Lipinski definition) is 3. The van der Waals surface area contributed by atoms with Crippen LogP contribution in [0.25, 0.3) is 0 Å². The molecular weight excluding hydrogens is 323 g/mol. The molecule has 1 heterocycles. The number of carbonyl (C=O) groups is 1. The van der Waals surface area contributed by atoms with Crippen molar-refractivity contribution in [2.24, 2.45) is 0 Å². The number of amides is 1. The van der Waals surface area contributed by atoms with Gasteiger partial charge in [0, 0.05) is 7.05 Å². The number of nitrogens with zero attached hydrogens (tertiary/aromatic N) is 2. The van der Waals surface area contributed by atoms with Crippen LogP contribution in [0, 0.1) is 6.92 Å². The van der Waals surface area contributed by atoms with E-state index in [1.165, 1.54) is 10.5 Å². The Hall–Kier alpha value is -1.78. The van der Waals surface area contributed by atoms with E-state index in [9.17, 15) is 4.79 Å². The lowest BCUT2D eigenvalue weighted by molar-refractivity contribution is 0.0768. The number of halogens is 2. The molecule has 0 bridgehead atoms. The molecule has 0 fully saturated rings. The smallest absolute Gasteiger partial charge is 0.273 e. The summed E-state index contributed by atoms with van der Waals surface area (Å²) in [7, 11) is 1.67. The van der Waals surface area contributed by atoms with Crippen LogP contribution in [0.15, 0.2) is 36.4 Å². The largest absolute Gasteiger partial charge is 0.492 e. The van der Waals surface area contributed by atoms with Crippen molar-refractivity contribution in [2.45, 2.75) is 6.92 Å². The second-order valence-corrected chi connectivity index (χ2v) is 5.65. The van der Waals surface area contributed by atoms with Gasteiger partial charge in [0.05, 0.1) is 11.6 Å². The number of hydrogen-bond donors (Lipinski definition) is 0. The van der Waals surface area contributed by atoms with Crippen molar-refractivity contribution in [3.05, 3.63) is 57.8 Å². The molecule has 2 aromatic rings. The molecule has 0 aliphatic heterocycles. The minimum Gasteiger partial charge on any atom is -0.492 e. The Morgan fingerprint density at radius 3 is 2.55 bits per heavy atom. The summed E-state index contributed by atoms with van der Waals surface area (Å²) in [5.74, 6) is 0.477. The number of benzene rings is 1. The lowest BCUT2D eigenvalue weighted by atomic mass is 10.2. The van der Waals surface area contributed by atoms with Crippen molar-refractivity contribution in [3.63, 3.8) is 0 Å². The molecule has 6 heteroatoms. The van der Waals surface area contributed by atoms with Gasteiger partial charge in [0.15, 0.2) is 0 Å². The van der Waals surface area contributed by atoms with Crippen molar-refractivity contribution in [1.82, 2.24) is 9.88 Å². The fraction of sp³-hybridized carbons (Fsp3) is 0.250. The van der Waals surface area contributed by atoms with E-state index in [4.69, 9.17) is 27.9 Å². The van der Waals surface area contributed by atoms with E-state index in [0.717, 1.165) is 5.75 Å². The number of aryl methyl sites for hydroxylation is 1. The predicted molar refractivity (Wildman–Crippen MR) is 87.9 cm³/mol. The lowest BCUT2D eigenvalue weighted by Gasteiger charge is -2.17. The first-order valence-electron chi connectivity index (χ1n) is 6.74. The van der Waals surface area contributed by atoms with Gasteiger partial charge in [0.2, 0.25) is 0 Å². The summed E-state index contributed by atoms with van der Waals surface area (Å²) in [5, 5.41) is 0.512. The van der Waals surface area contributed by atoms with Crippen molar-refractivity contribution in [1.29, 1.82) is 0 Å². The summed E-state index contributed by atoms with van der Waals surface area (Å²) >= 11 is 11.8. The van der Waals surface area contributed by atoms with Gasteiger partial charge in [-0.2, -0.15) is 0 Å². The summed E-state index contributed by atoms with van der Waals surface area (Å²) < 4.78 is 5.60. The highest BCUT2D eigenvalue weighted by atomic mass is 35.5. The van der Waals surface area contributed by atoms with E-state index in [1.54, 1.807) is 19.2 Å². The van der Waals surface area contributed by atoms with Crippen LogP contribution in [-0.4, -0.2) is 36.0 Å². The van der Waals surface area contributed by atoms with Gasteiger partial charge >= 0.3 is 0 Å². The number of rotatable bonds is 5. The highest BCUT2D eigenvalue weighted by Crippen LogP contribution is 2.18. The molecule has 1 aromatic carbocycles. The fourth-order valence-corrected chi connectivity index (χ4v) is 2.12. The molecule has 0 saturated heterocycles. The van der Waals surface area contributed by atoms with E-state index >= 15 is 0 Å². The first-order valence-corrected chi connectivity index (χ1v) is 7.50. The highest BCUT2D eigenvalue weighted by molar-refractivity contribution is 6.34. The molecule has 1 aromatic heterocycles. The SMILES string of the molecule is Cc1ccc(OCCN(C)C(=O)c2nc(Cl)ccc2Cl)cc1. The van der Waals surface area contributed by atoms with Gasteiger partial charge in [-0.25, -0.2) is 4.98 Å². The zero-order valence-corrected chi connectivity index (χ0v) is 13.9. The third-order valence-electron chi connectivity index (χ3n) is 3.08. The van der Waals surface area contributed by atoms with Crippen LogP contribution >= 0.6 is 23.2 Å². The monoisotopic (exact) mass is 338 g/mol. The van der Waals surface area contributed by atoms with Crippen LogP contribution < -0.4 is 4.74 Å². The van der Waals surface area contributed by atoms with Crippen molar-refractivity contribution >= 4 is 29.1 Å². The molecule has 116 valence electrons. The number of carbonyl (C=O) groups excluding carboxylic acids is 1. The molecule has 0 spiro atoms. The maximum absolute atomic E-state index is 12.3. The second-order valence-electron chi connectivity index (χ2n) is 4.85. The van der Waals surface area contributed by atoms with Gasteiger partial charge in [-0.1, -0.05) is 40.9 Å². The van der Waals surface area contributed by atoms with Gasteiger partial charge in [-0.3, -0.25) is 4.79 Å². The Morgan fingerprint density at radius 1 is 1.18 bits per heavy atom. The quantitative estimate of drug-likeness (QED) is 0.777. The average molecular weight is 339 g/mol. The van der Waals surface area contributed by atoms with E-state index in [0.29, 0.717) is 13.2 Å².